The zero-order valence-electron chi connectivity index (χ0n) is 38.1. The van der Waals surface area contributed by atoms with Crippen LogP contribution in [0.15, 0.2) is 84.9 Å². The van der Waals surface area contributed by atoms with Crippen LogP contribution in [0.1, 0.15) is 122 Å². The van der Waals surface area contributed by atoms with E-state index >= 15 is 0 Å². The first-order chi connectivity index (χ1) is 27.5. The number of hydrogen-bond donors (Lipinski definition) is 0. The summed E-state index contributed by atoms with van der Waals surface area (Å²) in [6.07, 6.45) is 0. The molecule has 0 heterocycles. The minimum atomic E-state index is -0.444. The summed E-state index contributed by atoms with van der Waals surface area (Å²) in [7, 11) is -0.633. The molecule has 59 heavy (non-hydrogen) atoms. The van der Waals surface area contributed by atoms with Gasteiger partial charge in [-0.2, -0.15) is 0 Å². The minimum Gasteiger partial charge on any atom is -0.488 e. The van der Waals surface area contributed by atoms with Gasteiger partial charge in [0, 0.05) is 38.6 Å². The topological polar surface area (TPSA) is 46.2 Å². The SMILES string of the molecule is Cc1ccc2ccccc2c1OPOc1c(C(C)(C)C)cc(OC(C)(C)C)c(C)c1-c1c(C)c(C(C)(C)C)cc(C(C)(C)C)c1OPOc1c(C)ccc2ccccc12. The summed E-state index contributed by atoms with van der Waals surface area (Å²) < 4.78 is 34.4. The summed E-state index contributed by atoms with van der Waals surface area (Å²) >= 11 is 0. The Hall–Kier alpha value is -4.30. The third-order valence-electron chi connectivity index (χ3n) is 10.8. The van der Waals surface area contributed by atoms with E-state index in [2.05, 4.69) is 196 Å². The molecule has 0 aliphatic rings. The van der Waals surface area contributed by atoms with Crippen LogP contribution >= 0.6 is 18.1 Å². The third kappa shape index (κ3) is 9.53. The summed E-state index contributed by atoms with van der Waals surface area (Å²) in [4.78, 5) is 0. The Morgan fingerprint density at radius 3 is 1.22 bits per heavy atom. The first-order valence-corrected chi connectivity index (χ1v) is 22.3. The number of ether oxygens (including phenoxy) is 1. The van der Waals surface area contributed by atoms with Gasteiger partial charge in [-0.05, 0) is 104 Å². The van der Waals surface area contributed by atoms with Gasteiger partial charge in [-0.1, -0.05) is 141 Å². The molecule has 2 atom stereocenters. The predicted octanol–water partition coefficient (Wildman–Crippen LogP) is 15.9. The molecule has 0 N–H and O–H groups in total. The lowest BCUT2D eigenvalue weighted by atomic mass is 9.74. The average molecular weight is 831 g/mol. The number of aryl methyl sites for hydroxylation is 2. The van der Waals surface area contributed by atoms with Crippen LogP contribution in [0.4, 0.5) is 0 Å². The molecule has 6 rings (SSSR count). The zero-order valence-corrected chi connectivity index (χ0v) is 40.1. The zero-order chi connectivity index (χ0) is 43.2. The monoisotopic (exact) mass is 830 g/mol. The van der Waals surface area contributed by atoms with Crippen molar-refractivity contribution in [3.8, 4) is 39.9 Å². The quantitative estimate of drug-likeness (QED) is 0.129. The van der Waals surface area contributed by atoms with Crippen LogP contribution in [0, 0.1) is 27.7 Å². The second kappa shape index (κ2) is 16.6. The van der Waals surface area contributed by atoms with Crippen molar-refractivity contribution < 1.29 is 22.8 Å². The summed E-state index contributed by atoms with van der Waals surface area (Å²) in [5.41, 5.74) is 8.29. The lowest BCUT2D eigenvalue weighted by Crippen LogP contribution is -2.24. The van der Waals surface area contributed by atoms with Crippen LogP contribution in [-0.4, -0.2) is 5.60 Å². The van der Waals surface area contributed by atoms with E-state index in [1.165, 1.54) is 5.56 Å². The van der Waals surface area contributed by atoms with Crippen molar-refractivity contribution >= 4 is 39.6 Å². The molecule has 2 unspecified atom stereocenters. The van der Waals surface area contributed by atoms with E-state index in [-0.39, 0.29) is 34.3 Å². The highest BCUT2D eigenvalue weighted by atomic mass is 31.1. The fourth-order valence-electron chi connectivity index (χ4n) is 7.82. The third-order valence-corrected chi connectivity index (χ3v) is 12.0. The molecule has 6 aromatic rings. The van der Waals surface area contributed by atoms with Crippen molar-refractivity contribution in [1.29, 1.82) is 0 Å². The molecular weight excluding hydrogens is 767 g/mol. The van der Waals surface area contributed by atoms with Gasteiger partial charge in [-0.15, -0.1) is 0 Å². The van der Waals surface area contributed by atoms with Gasteiger partial charge in [0.1, 0.15) is 34.3 Å². The number of fused-ring (bicyclic) bond motifs is 2. The van der Waals surface area contributed by atoms with Gasteiger partial charge in [-0.3, -0.25) is 0 Å². The summed E-state index contributed by atoms with van der Waals surface area (Å²) in [5.74, 6) is 4.03. The molecule has 0 fully saturated rings. The summed E-state index contributed by atoms with van der Waals surface area (Å²) in [6.45, 7) is 35.1. The van der Waals surface area contributed by atoms with Gasteiger partial charge in [-0.25, -0.2) is 0 Å². The lowest BCUT2D eigenvalue weighted by molar-refractivity contribution is 0.129. The molecule has 0 saturated heterocycles. The first kappa shape index (κ1) is 44.3. The van der Waals surface area contributed by atoms with Crippen LogP contribution in [0.25, 0.3) is 32.7 Å². The summed E-state index contributed by atoms with van der Waals surface area (Å²) in [5, 5.41) is 4.38. The van der Waals surface area contributed by atoms with E-state index in [0.717, 1.165) is 94.8 Å². The second-order valence-electron chi connectivity index (χ2n) is 20.0. The van der Waals surface area contributed by atoms with Gasteiger partial charge >= 0.3 is 0 Å². The largest absolute Gasteiger partial charge is 0.488 e. The van der Waals surface area contributed by atoms with Gasteiger partial charge < -0.3 is 22.8 Å². The van der Waals surface area contributed by atoms with Crippen LogP contribution < -0.4 is 22.8 Å². The molecule has 0 amide bonds. The van der Waals surface area contributed by atoms with E-state index in [1.807, 2.05) is 0 Å². The molecule has 0 aliphatic heterocycles. The molecule has 312 valence electrons. The van der Waals surface area contributed by atoms with E-state index < -0.39 is 5.60 Å². The fraction of sp³-hybridized carbons (Fsp3) is 0.385. The minimum absolute atomic E-state index is 0.172. The van der Waals surface area contributed by atoms with Gasteiger partial charge in [0.25, 0.3) is 18.1 Å². The van der Waals surface area contributed by atoms with Crippen molar-refractivity contribution in [3.63, 3.8) is 0 Å². The van der Waals surface area contributed by atoms with Crippen molar-refractivity contribution in [2.45, 2.75) is 133 Å². The van der Waals surface area contributed by atoms with Crippen molar-refractivity contribution in [1.82, 2.24) is 0 Å². The van der Waals surface area contributed by atoms with Crippen LogP contribution in [-0.2, 0) is 16.2 Å². The predicted molar refractivity (Wildman–Crippen MR) is 254 cm³/mol. The highest BCUT2D eigenvalue weighted by Gasteiger charge is 2.35. The van der Waals surface area contributed by atoms with Gasteiger partial charge in [0.05, 0.1) is 0 Å². The fourth-order valence-corrected chi connectivity index (χ4v) is 9.20. The van der Waals surface area contributed by atoms with Crippen molar-refractivity contribution in [2.24, 2.45) is 0 Å². The molecule has 0 saturated carbocycles. The van der Waals surface area contributed by atoms with E-state index in [0.29, 0.717) is 0 Å². The molecule has 0 spiro atoms. The molecule has 0 bridgehead atoms. The second-order valence-corrected chi connectivity index (χ2v) is 21.1. The molecule has 0 radical (unpaired) electrons. The highest BCUT2D eigenvalue weighted by molar-refractivity contribution is 7.27. The normalized spacial score (nSPS) is 12.9. The van der Waals surface area contributed by atoms with Crippen molar-refractivity contribution in [2.75, 3.05) is 0 Å². The molecule has 6 aromatic carbocycles. The number of hydrogen-bond acceptors (Lipinski definition) is 5. The standard InChI is InChI=1S/C52H64O5P2/c1-31-25-27-35-21-17-19-23-37(35)45(31)54-58-56-47-40(50(8,9)10)29-39(49(5,6)7)33(3)43(47)44-34(4)42(53-52(14,15)16)30-41(51(11,12)13)48(44)57-59-55-46-32(2)26-28-36-22-18-20-24-38(36)46/h17-30,58-59H,1-16H3. The average Bonchev–Trinajstić information content (AvgIpc) is 3.13. The Labute approximate surface area is 357 Å². The van der Waals surface area contributed by atoms with E-state index in [1.54, 1.807) is 0 Å². The Balaban J connectivity index is 1.62. The van der Waals surface area contributed by atoms with Gasteiger partial charge in [0.15, 0.2) is 0 Å². The van der Waals surface area contributed by atoms with E-state index in [4.69, 9.17) is 22.8 Å². The maximum absolute atomic E-state index is 7.10. The smallest absolute Gasteiger partial charge is 0.275 e. The Morgan fingerprint density at radius 2 is 0.797 bits per heavy atom. The Morgan fingerprint density at radius 1 is 0.407 bits per heavy atom. The maximum atomic E-state index is 7.10. The van der Waals surface area contributed by atoms with Gasteiger partial charge in [0.2, 0.25) is 0 Å². The Bertz CT molecular complexity index is 2510. The molecule has 0 aliphatic carbocycles. The Kier molecular flexibility index (Phi) is 12.5. The molecule has 5 nitrogen and oxygen atoms in total. The summed E-state index contributed by atoms with van der Waals surface area (Å²) in [6, 6.07) is 29.7. The van der Waals surface area contributed by atoms with Crippen molar-refractivity contribution in [3.05, 3.63) is 124 Å². The molecule has 7 heteroatoms. The van der Waals surface area contributed by atoms with E-state index in [9.17, 15) is 0 Å². The number of rotatable bonds is 10. The van der Waals surface area contributed by atoms with Crippen LogP contribution in [0.3, 0.4) is 0 Å². The lowest BCUT2D eigenvalue weighted by Gasteiger charge is -2.34. The molecular formula is C52H64O5P2. The maximum Gasteiger partial charge on any atom is 0.275 e. The first-order valence-electron chi connectivity index (χ1n) is 20.7. The number of benzene rings is 6. The van der Waals surface area contributed by atoms with Crippen LogP contribution in [0.2, 0.25) is 0 Å². The molecule has 0 aromatic heterocycles. The van der Waals surface area contributed by atoms with Crippen LogP contribution in [0.5, 0.6) is 28.7 Å². The highest BCUT2D eigenvalue weighted by Crippen LogP contribution is 2.55.